The Morgan fingerprint density at radius 2 is 1.70 bits per heavy atom. The maximum Gasteiger partial charge on any atom is 0.306 e. The van der Waals surface area contributed by atoms with E-state index in [4.69, 9.17) is 4.74 Å². The number of carbonyl (C=O) groups excluding carboxylic acids is 2. The molecule has 0 radical (unpaired) electrons. The number of aliphatic hydroxyl groups excluding tert-OH is 1. The standard InChI is InChI=1S/C23H30O4/c1-2-3-4-5-6-11-21(24)14-15-23(26)27-17-22(25)20-13-12-18-9-7-8-10-19(18)16-20/h7-10,12-13,16,21,24H,2-6,11,14-15,17H2,1H3. The summed E-state index contributed by atoms with van der Waals surface area (Å²) in [6.45, 7) is 1.91. The summed E-state index contributed by atoms with van der Waals surface area (Å²) in [6, 6.07) is 13.3. The molecule has 0 aliphatic heterocycles. The molecule has 0 aromatic heterocycles. The number of hydrogen-bond acceptors (Lipinski definition) is 4. The summed E-state index contributed by atoms with van der Waals surface area (Å²) >= 11 is 0. The highest BCUT2D eigenvalue weighted by atomic mass is 16.5. The molecule has 146 valence electrons. The largest absolute Gasteiger partial charge is 0.457 e. The van der Waals surface area contributed by atoms with Gasteiger partial charge in [-0.05, 0) is 29.7 Å². The van der Waals surface area contributed by atoms with E-state index in [0.29, 0.717) is 18.4 Å². The van der Waals surface area contributed by atoms with Gasteiger partial charge in [0.15, 0.2) is 12.4 Å². The second-order valence-electron chi connectivity index (χ2n) is 7.04. The first-order valence-corrected chi connectivity index (χ1v) is 9.96. The zero-order chi connectivity index (χ0) is 19.5. The molecular formula is C23H30O4. The fourth-order valence-electron chi connectivity index (χ4n) is 3.08. The molecule has 0 bridgehead atoms. The molecule has 0 saturated heterocycles. The molecule has 0 saturated carbocycles. The summed E-state index contributed by atoms with van der Waals surface area (Å²) in [5.74, 6) is -0.653. The van der Waals surface area contributed by atoms with Gasteiger partial charge < -0.3 is 9.84 Å². The van der Waals surface area contributed by atoms with Crippen LogP contribution in [0, 0.1) is 0 Å². The predicted octanol–water partition coefficient (Wildman–Crippen LogP) is 5.07. The minimum Gasteiger partial charge on any atom is -0.457 e. The van der Waals surface area contributed by atoms with Crippen molar-refractivity contribution in [2.75, 3.05) is 6.61 Å². The van der Waals surface area contributed by atoms with Gasteiger partial charge in [0.05, 0.1) is 6.10 Å². The number of esters is 1. The Balaban J connectivity index is 1.67. The highest BCUT2D eigenvalue weighted by Gasteiger charge is 2.12. The van der Waals surface area contributed by atoms with E-state index in [1.807, 2.05) is 36.4 Å². The summed E-state index contributed by atoms with van der Waals surface area (Å²) in [5, 5.41) is 12.0. The fraction of sp³-hybridized carbons (Fsp3) is 0.478. The monoisotopic (exact) mass is 370 g/mol. The van der Waals surface area contributed by atoms with E-state index < -0.39 is 12.1 Å². The van der Waals surface area contributed by atoms with E-state index in [9.17, 15) is 14.7 Å². The van der Waals surface area contributed by atoms with Crippen molar-refractivity contribution < 1.29 is 19.4 Å². The van der Waals surface area contributed by atoms with Crippen molar-refractivity contribution in [2.45, 2.75) is 64.4 Å². The predicted molar refractivity (Wildman–Crippen MR) is 108 cm³/mol. The van der Waals surface area contributed by atoms with Gasteiger partial charge in [-0.15, -0.1) is 0 Å². The number of rotatable bonds is 12. The van der Waals surface area contributed by atoms with Gasteiger partial charge in [-0.2, -0.15) is 0 Å². The van der Waals surface area contributed by atoms with Crippen molar-refractivity contribution in [1.29, 1.82) is 0 Å². The lowest BCUT2D eigenvalue weighted by Crippen LogP contribution is -2.16. The van der Waals surface area contributed by atoms with Gasteiger partial charge in [-0.3, -0.25) is 9.59 Å². The lowest BCUT2D eigenvalue weighted by Gasteiger charge is -2.10. The van der Waals surface area contributed by atoms with Crippen LogP contribution in [0.1, 0.15) is 68.6 Å². The summed E-state index contributed by atoms with van der Waals surface area (Å²) < 4.78 is 5.08. The van der Waals surface area contributed by atoms with Crippen LogP contribution in [-0.2, 0) is 9.53 Å². The molecule has 0 fully saturated rings. The third-order valence-corrected chi connectivity index (χ3v) is 4.76. The normalized spacial score (nSPS) is 12.1. The molecule has 1 N–H and O–H groups in total. The topological polar surface area (TPSA) is 63.6 Å². The Morgan fingerprint density at radius 3 is 2.48 bits per heavy atom. The highest BCUT2D eigenvalue weighted by molar-refractivity contribution is 6.01. The minimum absolute atomic E-state index is 0.140. The van der Waals surface area contributed by atoms with E-state index in [2.05, 4.69) is 6.92 Å². The molecule has 4 heteroatoms. The zero-order valence-electron chi connectivity index (χ0n) is 16.2. The van der Waals surface area contributed by atoms with Crippen molar-refractivity contribution >= 4 is 22.5 Å². The quantitative estimate of drug-likeness (QED) is 0.322. The molecule has 0 amide bonds. The van der Waals surface area contributed by atoms with Gasteiger partial charge in [0.2, 0.25) is 0 Å². The summed E-state index contributed by atoms with van der Waals surface area (Å²) in [4.78, 5) is 24.1. The minimum atomic E-state index is -0.477. The Hall–Kier alpha value is -2.20. The van der Waals surface area contributed by atoms with E-state index in [-0.39, 0.29) is 18.8 Å². The summed E-state index contributed by atoms with van der Waals surface area (Å²) in [5.41, 5.74) is 0.536. The molecule has 0 aliphatic carbocycles. The van der Waals surface area contributed by atoms with E-state index in [1.54, 1.807) is 6.07 Å². The third kappa shape index (κ3) is 7.51. The van der Waals surface area contributed by atoms with E-state index in [0.717, 1.165) is 23.6 Å². The van der Waals surface area contributed by atoms with Gasteiger partial charge in [0, 0.05) is 12.0 Å². The lowest BCUT2D eigenvalue weighted by atomic mass is 10.0. The molecule has 0 heterocycles. The van der Waals surface area contributed by atoms with Crippen molar-refractivity contribution in [3.63, 3.8) is 0 Å². The van der Waals surface area contributed by atoms with Crippen LogP contribution < -0.4 is 0 Å². The smallest absolute Gasteiger partial charge is 0.306 e. The first-order chi connectivity index (χ1) is 13.1. The van der Waals surface area contributed by atoms with Crippen LogP contribution >= 0.6 is 0 Å². The average Bonchev–Trinajstić information content (AvgIpc) is 2.69. The second kappa shape index (κ2) is 11.5. The number of aliphatic hydroxyl groups is 1. The van der Waals surface area contributed by atoms with Crippen LogP contribution in [0.15, 0.2) is 42.5 Å². The fourth-order valence-corrected chi connectivity index (χ4v) is 3.08. The zero-order valence-corrected chi connectivity index (χ0v) is 16.2. The first-order valence-electron chi connectivity index (χ1n) is 9.96. The van der Waals surface area contributed by atoms with Crippen molar-refractivity contribution in [3.8, 4) is 0 Å². The van der Waals surface area contributed by atoms with Gasteiger partial charge >= 0.3 is 5.97 Å². The SMILES string of the molecule is CCCCCCCC(O)CCC(=O)OCC(=O)c1ccc2ccccc2c1. The molecule has 0 aliphatic rings. The number of Topliss-reactive ketones (excluding diaryl/α,β-unsaturated/α-hetero) is 1. The molecular weight excluding hydrogens is 340 g/mol. The van der Waals surface area contributed by atoms with Crippen molar-refractivity contribution in [2.24, 2.45) is 0 Å². The van der Waals surface area contributed by atoms with E-state index >= 15 is 0 Å². The molecule has 2 rings (SSSR count). The van der Waals surface area contributed by atoms with E-state index in [1.165, 1.54) is 19.3 Å². The molecule has 2 aromatic rings. The Morgan fingerprint density at radius 1 is 0.963 bits per heavy atom. The molecule has 27 heavy (non-hydrogen) atoms. The first kappa shape index (κ1) is 21.1. The van der Waals surface area contributed by atoms with Crippen molar-refractivity contribution in [1.82, 2.24) is 0 Å². The summed E-state index contributed by atoms with van der Waals surface area (Å²) in [6.07, 6.45) is 6.50. The van der Waals surface area contributed by atoms with Gasteiger partial charge in [0.25, 0.3) is 0 Å². The number of hydrogen-bond donors (Lipinski definition) is 1. The van der Waals surface area contributed by atoms with Gasteiger partial charge in [0.1, 0.15) is 0 Å². The maximum atomic E-state index is 12.2. The number of benzene rings is 2. The average molecular weight is 370 g/mol. The molecule has 1 atom stereocenters. The van der Waals surface area contributed by atoms with Crippen LogP contribution in [0.4, 0.5) is 0 Å². The summed E-state index contributed by atoms with van der Waals surface area (Å²) in [7, 11) is 0. The van der Waals surface area contributed by atoms with Crippen LogP contribution in [0.3, 0.4) is 0 Å². The number of fused-ring (bicyclic) bond motifs is 1. The Kier molecular flexibility index (Phi) is 8.99. The number of ether oxygens (including phenoxy) is 1. The maximum absolute atomic E-state index is 12.2. The van der Waals surface area contributed by atoms with Gasteiger partial charge in [-0.25, -0.2) is 0 Å². The Labute approximate surface area is 161 Å². The molecule has 0 spiro atoms. The van der Waals surface area contributed by atoms with Crippen LogP contribution in [-0.4, -0.2) is 29.6 Å². The number of carbonyl (C=O) groups is 2. The number of unbranched alkanes of at least 4 members (excludes halogenated alkanes) is 4. The highest BCUT2D eigenvalue weighted by Crippen LogP contribution is 2.16. The van der Waals surface area contributed by atoms with Crippen molar-refractivity contribution in [3.05, 3.63) is 48.0 Å². The lowest BCUT2D eigenvalue weighted by molar-refractivity contribution is -0.143. The van der Waals surface area contributed by atoms with Gasteiger partial charge in [-0.1, -0.05) is 75.4 Å². The Bertz CT molecular complexity index is 738. The third-order valence-electron chi connectivity index (χ3n) is 4.76. The molecule has 1 unspecified atom stereocenters. The second-order valence-corrected chi connectivity index (χ2v) is 7.04. The molecule has 2 aromatic carbocycles. The van der Waals surface area contributed by atoms with Crippen LogP contribution in [0.5, 0.6) is 0 Å². The van der Waals surface area contributed by atoms with Crippen LogP contribution in [0.25, 0.3) is 10.8 Å². The van der Waals surface area contributed by atoms with Crippen LogP contribution in [0.2, 0.25) is 0 Å². The molecule has 4 nitrogen and oxygen atoms in total. The number of ketones is 1.